The van der Waals surface area contributed by atoms with Gasteiger partial charge in [0, 0.05) is 48.5 Å². The van der Waals surface area contributed by atoms with Crippen molar-refractivity contribution in [3.05, 3.63) is 111 Å². The zero-order valence-electron chi connectivity index (χ0n) is 20.7. The summed E-state index contributed by atoms with van der Waals surface area (Å²) in [5, 5.41) is 5.91. The van der Waals surface area contributed by atoms with Crippen molar-refractivity contribution in [3.8, 4) is 11.4 Å². The standard InChI is InChI=1S/C28H25ClN6O2/c1-18-13-32-35(15-18)25-12-19(2)33-27-21(25)7-4-8-26(27)37-17-22-23(29)9-10-31-24(22)16-34-11-5-6-20(14-30-3)28(34)36/h4-15H,16-17H2,1-3H3. The fourth-order valence-electron chi connectivity index (χ4n) is 4.21. The smallest absolute Gasteiger partial charge is 0.259 e. The van der Waals surface area contributed by atoms with Gasteiger partial charge in [0.15, 0.2) is 0 Å². The van der Waals surface area contributed by atoms with Crippen LogP contribution in [0.25, 0.3) is 16.6 Å². The monoisotopic (exact) mass is 512 g/mol. The molecule has 0 aliphatic heterocycles. The van der Waals surface area contributed by atoms with E-state index in [0.29, 0.717) is 27.6 Å². The highest BCUT2D eigenvalue weighted by molar-refractivity contribution is 6.31. The zero-order chi connectivity index (χ0) is 25.9. The molecule has 0 radical (unpaired) electrons. The predicted octanol–water partition coefficient (Wildman–Crippen LogP) is 4.92. The second-order valence-corrected chi connectivity index (χ2v) is 9.10. The summed E-state index contributed by atoms with van der Waals surface area (Å²) in [6.07, 6.45) is 8.70. The number of hydrogen-bond donors (Lipinski definition) is 0. The lowest BCUT2D eigenvalue weighted by molar-refractivity contribution is 0.307. The number of halogens is 1. The lowest BCUT2D eigenvalue weighted by Gasteiger charge is -2.15. The molecule has 0 spiro atoms. The van der Waals surface area contributed by atoms with Gasteiger partial charge in [-0.25, -0.2) is 9.67 Å². The molecule has 186 valence electrons. The van der Waals surface area contributed by atoms with Gasteiger partial charge in [-0.15, -0.1) is 0 Å². The number of fused-ring (bicyclic) bond motifs is 1. The number of ether oxygens (including phenoxy) is 1. The fraction of sp³-hybridized carbons (Fsp3) is 0.179. The van der Waals surface area contributed by atoms with Crippen LogP contribution in [0.3, 0.4) is 0 Å². The van der Waals surface area contributed by atoms with Gasteiger partial charge in [0.1, 0.15) is 17.9 Å². The Hall–Kier alpha value is -4.30. The Bertz CT molecular complexity index is 1690. The van der Waals surface area contributed by atoms with E-state index in [4.69, 9.17) is 21.3 Å². The maximum Gasteiger partial charge on any atom is 0.259 e. The molecule has 0 fully saturated rings. The third kappa shape index (κ3) is 5.01. The highest BCUT2D eigenvalue weighted by Crippen LogP contribution is 2.30. The average Bonchev–Trinajstić information content (AvgIpc) is 3.32. The van der Waals surface area contributed by atoms with Gasteiger partial charge in [-0.3, -0.25) is 14.8 Å². The van der Waals surface area contributed by atoms with Crippen LogP contribution in [0.4, 0.5) is 0 Å². The number of aliphatic imine (C=N–C) groups is 1. The minimum atomic E-state index is -0.156. The Balaban J connectivity index is 1.49. The van der Waals surface area contributed by atoms with Gasteiger partial charge in [0.25, 0.3) is 5.56 Å². The lowest BCUT2D eigenvalue weighted by atomic mass is 10.1. The summed E-state index contributed by atoms with van der Waals surface area (Å²) in [6, 6.07) is 13.1. The third-order valence-corrected chi connectivity index (χ3v) is 6.32. The van der Waals surface area contributed by atoms with Gasteiger partial charge in [-0.05, 0) is 49.7 Å². The molecule has 4 heterocycles. The summed E-state index contributed by atoms with van der Waals surface area (Å²) in [5.41, 5.74) is 5.28. The maximum atomic E-state index is 12.8. The lowest BCUT2D eigenvalue weighted by Crippen LogP contribution is -2.24. The first-order valence-electron chi connectivity index (χ1n) is 11.7. The highest BCUT2D eigenvalue weighted by atomic mass is 35.5. The number of hydrogen-bond acceptors (Lipinski definition) is 6. The zero-order valence-corrected chi connectivity index (χ0v) is 21.5. The number of para-hydroxylation sites is 1. The minimum absolute atomic E-state index is 0.156. The van der Waals surface area contributed by atoms with E-state index in [-0.39, 0.29) is 18.7 Å². The Morgan fingerprint density at radius 1 is 1.16 bits per heavy atom. The van der Waals surface area contributed by atoms with Crippen molar-refractivity contribution < 1.29 is 4.74 Å². The first-order valence-corrected chi connectivity index (χ1v) is 12.1. The Morgan fingerprint density at radius 3 is 2.81 bits per heavy atom. The first kappa shape index (κ1) is 24.4. The van der Waals surface area contributed by atoms with Gasteiger partial charge in [0.05, 0.1) is 34.7 Å². The summed E-state index contributed by atoms with van der Waals surface area (Å²) in [4.78, 5) is 26.1. The number of nitrogens with zero attached hydrogens (tertiary/aromatic N) is 6. The molecule has 1 aromatic carbocycles. The van der Waals surface area contributed by atoms with Gasteiger partial charge in [-0.2, -0.15) is 5.10 Å². The molecule has 0 amide bonds. The number of aromatic nitrogens is 5. The number of aryl methyl sites for hydroxylation is 2. The average molecular weight is 513 g/mol. The van der Waals surface area contributed by atoms with Crippen LogP contribution in [-0.2, 0) is 13.2 Å². The fourth-order valence-corrected chi connectivity index (χ4v) is 4.43. The van der Waals surface area contributed by atoms with Gasteiger partial charge in [0.2, 0.25) is 0 Å². The molecule has 0 saturated carbocycles. The third-order valence-electron chi connectivity index (χ3n) is 5.97. The van der Waals surface area contributed by atoms with Crippen LogP contribution in [0.1, 0.15) is 28.1 Å². The Labute approximate surface area is 218 Å². The molecule has 0 unspecified atom stereocenters. The van der Waals surface area contributed by atoms with Crippen molar-refractivity contribution >= 4 is 28.7 Å². The molecule has 4 aromatic heterocycles. The summed E-state index contributed by atoms with van der Waals surface area (Å²) in [7, 11) is 1.63. The minimum Gasteiger partial charge on any atom is -0.486 e. The van der Waals surface area contributed by atoms with Crippen molar-refractivity contribution in [1.29, 1.82) is 0 Å². The molecule has 0 N–H and O–H groups in total. The second kappa shape index (κ2) is 10.4. The number of rotatable bonds is 7. The highest BCUT2D eigenvalue weighted by Gasteiger charge is 2.15. The van der Waals surface area contributed by atoms with Crippen molar-refractivity contribution in [2.24, 2.45) is 4.99 Å². The number of pyridine rings is 3. The Morgan fingerprint density at radius 2 is 2.03 bits per heavy atom. The summed E-state index contributed by atoms with van der Waals surface area (Å²) < 4.78 is 9.72. The normalized spacial score (nSPS) is 11.5. The molecule has 5 rings (SSSR count). The van der Waals surface area contributed by atoms with Crippen molar-refractivity contribution in [1.82, 2.24) is 24.3 Å². The second-order valence-electron chi connectivity index (χ2n) is 8.69. The van der Waals surface area contributed by atoms with Crippen LogP contribution in [0, 0.1) is 13.8 Å². The van der Waals surface area contributed by atoms with Gasteiger partial charge in [-0.1, -0.05) is 23.7 Å². The Kier molecular flexibility index (Phi) is 6.83. The molecule has 0 aliphatic rings. The van der Waals surface area contributed by atoms with Crippen molar-refractivity contribution in [2.75, 3.05) is 7.05 Å². The van der Waals surface area contributed by atoms with Crippen molar-refractivity contribution in [3.63, 3.8) is 0 Å². The van der Waals surface area contributed by atoms with E-state index >= 15 is 0 Å². The van der Waals surface area contributed by atoms with Crippen LogP contribution >= 0.6 is 11.6 Å². The van der Waals surface area contributed by atoms with E-state index in [0.717, 1.165) is 27.8 Å². The topological polar surface area (TPSA) is 87.2 Å². The van der Waals surface area contributed by atoms with Gasteiger partial charge < -0.3 is 9.30 Å². The van der Waals surface area contributed by atoms with Crippen LogP contribution < -0.4 is 10.3 Å². The quantitative estimate of drug-likeness (QED) is 0.289. The van der Waals surface area contributed by atoms with Crippen LogP contribution in [0.2, 0.25) is 5.02 Å². The van der Waals surface area contributed by atoms with Gasteiger partial charge >= 0.3 is 0 Å². The van der Waals surface area contributed by atoms with Crippen molar-refractivity contribution in [2.45, 2.75) is 27.0 Å². The van der Waals surface area contributed by atoms with E-state index in [1.165, 1.54) is 0 Å². The predicted molar refractivity (Wildman–Crippen MR) is 145 cm³/mol. The molecular formula is C28H25ClN6O2. The summed E-state index contributed by atoms with van der Waals surface area (Å²) in [6.45, 7) is 4.36. The SMILES string of the molecule is CN=Cc1cccn(Cc2nccc(Cl)c2COc2cccc3c(-n4cc(C)cn4)cc(C)nc23)c1=O. The van der Waals surface area contributed by atoms with E-state index in [1.54, 1.807) is 42.4 Å². The summed E-state index contributed by atoms with van der Waals surface area (Å²) in [5.74, 6) is 0.621. The molecule has 0 aliphatic carbocycles. The number of benzene rings is 1. The van der Waals surface area contributed by atoms with E-state index in [1.807, 2.05) is 61.3 Å². The summed E-state index contributed by atoms with van der Waals surface area (Å²) >= 11 is 6.58. The van der Waals surface area contributed by atoms with Crippen LogP contribution in [-0.4, -0.2) is 37.6 Å². The van der Waals surface area contributed by atoms with E-state index < -0.39 is 0 Å². The molecule has 0 atom stereocenters. The van der Waals surface area contributed by atoms with Crippen LogP contribution in [0.15, 0.2) is 77.0 Å². The molecule has 0 saturated heterocycles. The maximum absolute atomic E-state index is 12.8. The molecule has 5 aromatic rings. The van der Waals surface area contributed by atoms with Crippen LogP contribution in [0.5, 0.6) is 5.75 Å². The largest absolute Gasteiger partial charge is 0.486 e. The van der Waals surface area contributed by atoms with E-state index in [9.17, 15) is 4.79 Å². The first-order chi connectivity index (χ1) is 17.9. The molecule has 9 heteroatoms. The molecule has 37 heavy (non-hydrogen) atoms. The molecule has 0 bridgehead atoms. The van der Waals surface area contributed by atoms with E-state index in [2.05, 4.69) is 15.1 Å². The molecular weight excluding hydrogens is 488 g/mol. The molecule has 8 nitrogen and oxygen atoms in total.